The van der Waals surface area contributed by atoms with Crippen LogP contribution in [0, 0.1) is 5.92 Å². The van der Waals surface area contributed by atoms with Gasteiger partial charge in [0.05, 0.1) is 10.6 Å². The Kier molecular flexibility index (Phi) is 5.38. The molecule has 1 saturated carbocycles. The molecule has 0 spiro atoms. The second-order valence-corrected chi connectivity index (χ2v) is 6.09. The highest BCUT2D eigenvalue weighted by atomic mass is 35.5. The summed E-state index contributed by atoms with van der Waals surface area (Å²) in [5.74, 6) is 0.315. The van der Waals surface area contributed by atoms with Crippen LogP contribution in [0.15, 0.2) is 24.3 Å². The average molecular weight is 311 g/mol. The van der Waals surface area contributed by atoms with Crippen molar-refractivity contribution in [2.24, 2.45) is 5.92 Å². The minimum Gasteiger partial charge on any atom is -0.359 e. The van der Waals surface area contributed by atoms with Crippen molar-refractivity contribution in [1.82, 2.24) is 10.6 Å². The second kappa shape index (κ2) is 7.04. The fraction of sp³-hybridized carbons (Fsp3) is 0.467. The predicted molar refractivity (Wildman–Crippen MR) is 86.1 cm³/mol. The molecular weight excluding hydrogens is 292 g/mol. The third kappa shape index (κ3) is 3.93. The summed E-state index contributed by atoms with van der Waals surface area (Å²) in [5, 5.41) is 6.76. The summed E-state index contributed by atoms with van der Waals surface area (Å²) >= 11 is 11.2. The molecule has 3 nitrogen and oxygen atoms in total. The molecule has 1 aliphatic rings. The van der Waals surface area contributed by atoms with E-state index in [0.29, 0.717) is 27.7 Å². The second-order valence-electron chi connectivity index (χ2n) is 5.28. The molecule has 108 valence electrons. The molecule has 0 saturated heterocycles. The van der Waals surface area contributed by atoms with Gasteiger partial charge in [-0.15, -0.1) is 0 Å². The molecule has 0 heterocycles. The van der Waals surface area contributed by atoms with E-state index in [4.69, 9.17) is 23.8 Å². The largest absolute Gasteiger partial charge is 0.359 e. The van der Waals surface area contributed by atoms with Crippen LogP contribution >= 0.6 is 23.8 Å². The molecule has 1 amide bonds. The molecule has 0 aromatic heterocycles. The van der Waals surface area contributed by atoms with Gasteiger partial charge >= 0.3 is 0 Å². The summed E-state index contributed by atoms with van der Waals surface area (Å²) < 4.78 is 0. The Labute approximate surface area is 130 Å². The number of hydrogen-bond acceptors (Lipinski definition) is 2. The highest BCUT2D eigenvalue weighted by Gasteiger charge is 2.22. The molecule has 0 unspecified atom stereocenters. The minimum atomic E-state index is -0.267. The first-order valence-corrected chi connectivity index (χ1v) is 7.73. The molecule has 2 atom stereocenters. The number of halogens is 1. The van der Waals surface area contributed by atoms with Crippen LogP contribution in [-0.2, 0) is 0 Å². The lowest BCUT2D eigenvalue weighted by molar-refractivity contribution is 0.0976. The average Bonchev–Trinajstić information content (AvgIpc) is 2.41. The van der Waals surface area contributed by atoms with Gasteiger partial charge in [0.1, 0.15) is 0 Å². The van der Waals surface area contributed by atoms with Gasteiger partial charge in [0.2, 0.25) is 0 Å². The minimum absolute atomic E-state index is 0.267. The van der Waals surface area contributed by atoms with Gasteiger partial charge in [0, 0.05) is 6.04 Å². The molecule has 1 aromatic rings. The molecule has 1 aliphatic carbocycles. The summed E-state index contributed by atoms with van der Waals surface area (Å²) in [6.07, 6.45) is 4.79. The number of amides is 1. The molecule has 0 bridgehead atoms. The van der Waals surface area contributed by atoms with E-state index in [1.54, 1.807) is 24.3 Å². The fourth-order valence-corrected chi connectivity index (χ4v) is 3.02. The molecule has 5 heteroatoms. The van der Waals surface area contributed by atoms with Crippen LogP contribution in [0.25, 0.3) is 0 Å². The van der Waals surface area contributed by atoms with E-state index in [1.165, 1.54) is 19.3 Å². The topological polar surface area (TPSA) is 41.1 Å². The van der Waals surface area contributed by atoms with Crippen LogP contribution in [0.3, 0.4) is 0 Å². The zero-order chi connectivity index (χ0) is 14.5. The first kappa shape index (κ1) is 15.3. The van der Waals surface area contributed by atoms with E-state index in [0.717, 1.165) is 6.42 Å². The van der Waals surface area contributed by atoms with Crippen LogP contribution in [0.5, 0.6) is 0 Å². The lowest BCUT2D eigenvalue weighted by Crippen LogP contribution is -2.47. The van der Waals surface area contributed by atoms with E-state index in [1.807, 2.05) is 0 Å². The maximum absolute atomic E-state index is 12.1. The van der Waals surface area contributed by atoms with Crippen molar-refractivity contribution in [2.75, 3.05) is 0 Å². The van der Waals surface area contributed by atoms with Crippen molar-refractivity contribution in [3.05, 3.63) is 34.9 Å². The van der Waals surface area contributed by atoms with Crippen molar-refractivity contribution < 1.29 is 4.79 Å². The number of nitrogens with one attached hydrogen (secondary N) is 2. The van der Waals surface area contributed by atoms with Gasteiger partial charge in [0.25, 0.3) is 5.91 Å². The number of hydrogen-bond donors (Lipinski definition) is 2. The van der Waals surface area contributed by atoms with Gasteiger partial charge in [-0.3, -0.25) is 10.1 Å². The van der Waals surface area contributed by atoms with E-state index < -0.39 is 0 Å². The smallest absolute Gasteiger partial charge is 0.258 e. The summed E-state index contributed by atoms with van der Waals surface area (Å²) in [6, 6.07) is 7.29. The van der Waals surface area contributed by atoms with Crippen LogP contribution < -0.4 is 10.6 Å². The number of carbonyl (C=O) groups excluding carboxylic acids is 1. The Morgan fingerprint density at radius 3 is 2.70 bits per heavy atom. The van der Waals surface area contributed by atoms with Crippen molar-refractivity contribution in [2.45, 2.75) is 38.6 Å². The zero-order valence-electron chi connectivity index (χ0n) is 11.5. The van der Waals surface area contributed by atoms with E-state index >= 15 is 0 Å². The Bertz CT molecular complexity index is 506. The standard InChI is InChI=1S/C15H19ClN2OS/c1-10-6-2-5-9-13(10)17-15(20)18-14(19)11-7-3-4-8-12(11)16/h3-4,7-8,10,13H,2,5-6,9H2,1H3,(H2,17,18,19,20)/t10-,13-/m1/s1. The van der Waals surface area contributed by atoms with Gasteiger partial charge in [-0.05, 0) is 43.1 Å². The lowest BCUT2D eigenvalue weighted by atomic mass is 9.86. The van der Waals surface area contributed by atoms with Crippen molar-refractivity contribution in [3.63, 3.8) is 0 Å². The Morgan fingerprint density at radius 2 is 2.00 bits per heavy atom. The normalized spacial score (nSPS) is 22.1. The van der Waals surface area contributed by atoms with E-state index in [9.17, 15) is 4.79 Å². The molecule has 0 aliphatic heterocycles. The molecule has 2 N–H and O–H groups in total. The van der Waals surface area contributed by atoms with Gasteiger partial charge in [0.15, 0.2) is 5.11 Å². The number of rotatable bonds is 2. The maximum atomic E-state index is 12.1. The molecule has 0 radical (unpaired) electrons. The summed E-state index contributed by atoms with van der Waals surface area (Å²) in [7, 11) is 0. The van der Waals surface area contributed by atoms with Gasteiger partial charge in [-0.25, -0.2) is 0 Å². The predicted octanol–water partition coefficient (Wildman–Crippen LogP) is 3.52. The SMILES string of the molecule is C[C@@H]1CCCC[C@H]1NC(=S)NC(=O)c1ccccc1Cl. The lowest BCUT2D eigenvalue weighted by Gasteiger charge is -2.30. The quantitative estimate of drug-likeness (QED) is 0.821. The van der Waals surface area contributed by atoms with Crippen molar-refractivity contribution >= 4 is 34.8 Å². The molecular formula is C15H19ClN2OS. The van der Waals surface area contributed by atoms with Gasteiger partial charge in [-0.2, -0.15) is 0 Å². The summed E-state index contributed by atoms with van der Waals surface area (Å²) in [4.78, 5) is 12.1. The molecule has 1 aromatic carbocycles. The Morgan fingerprint density at radius 1 is 1.30 bits per heavy atom. The fourth-order valence-electron chi connectivity index (χ4n) is 2.55. The first-order chi connectivity index (χ1) is 9.58. The van der Waals surface area contributed by atoms with Crippen LogP contribution in [0.1, 0.15) is 43.0 Å². The highest BCUT2D eigenvalue weighted by Crippen LogP contribution is 2.23. The molecule has 2 rings (SSSR count). The monoisotopic (exact) mass is 310 g/mol. The third-order valence-corrected chi connectivity index (χ3v) is 4.32. The first-order valence-electron chi connectivity index (χ1n) is 6.94. The van der Waals surface area contributed by atoms with Gasteiger partial charge < -0.3 is 5.32 Å². The van der Waals surface area contributed by atoms with E-state index in [-0.39, 0.29) is 5.91 Å². The number of carbonyl (C=O) groups is 1. The van der Waals surface area contributed by atoms with E-state index in [2.05, 4.69) is 17.6 Å². The third-order valence-electron chi connectivity index (χ3n) is 3.77. The zero-order valence-corrected chi connectivity index (χ0v) is 13.1. The maximum Gasteiger partial charge on any atom is 0.258 e. The number of thiocarbonyl (C=S) groups is 1. The number of benzene rings is 1. The molecule has 20 heavy (non-hydrogen) atoms. The van der Waals surface area contributed by atoms with Crippen molar-refractivity contribution in [1.29, 1.82) is 0 Å². The van der Waals surface area contributed by atoms with Crippen molar-refractivity contribution in [3.8, 4) is 0 Å². The Balaban J connectivity index is 1.91. The van der Waals surface area contributed by atoms with Crippen LogP contribution in [0.4, 0.5) is 0 Å². The Hall–Kier alpha value is -1.13. The molecule has 1 fully saturated rings. The van der Waals surface area contributed by atoms with Gasteiger partial charge in [-0.1, -0.05) is 43.5 Å². The van der Waals surface area contributed by atoms with Crippen LogP contribution in [-0.4, -0.2) is 17.1 Å². The summed E-state index contributed by atoms with van der Waals surface area (Å²) in [6.45, 7) is 2.22. The van der Waals surface area contributed by atoms with Crippen LogP contribution in [0.2, 0.25) is 5.02 Å². The highest BCUT2D eigenvalue weighted by molar-refractivity contribution is 7.80. The summed E-state index contributed by atoms with van der Waals surface area (Å²) in [5.41, 5.74) is 0.440.